The van der Waals surface area contributed by atoms with E-state index in [0.717, 1.165) is 13.2 Å². The molecule has 0 bridgehead atoms. The standard InChI is InChI=1S/C8H17NO2/c1-7-4-11-6-8(2,10-3)5-9-7/h7,9H,4-6H2,1-3H3. The van der Waals surface area contributed by atoms with Crippen LogP contribution in [0.4, 0.5) is 0 Å². The average molecular weight is 159 g/mol. The molecule has 2 unspecified atom stereocenters. The van der Waals surface area contributed by atoms with Crippen LogP contribution in [-0.4, -0.2) is 38.5 Å². The van der Waals surface area contributed by atoms with Gasteiger partial charge in [-0.15, -0.1) is 0 Å². The van der Waals surface area contributed by atoms with Gasteiger partial charge in [0.05, 0.1) is 13.2 Å². The first kappa shape index (κ1) is 8.97. The van der Waals surface area contributed by atoms with Gasteiger partial charge < -0.3 is 14.8 Å². The topological polar surface area (TPSA) is 30.5 Å². The largest absolute Gasteiger partial charge is 0.377 e. The lowest BCUT2D eigenvalue weighted by atomic mass is 10.1. The summed E-state index contributed by atoms with van der Waals surface area (Å²) in [6.45, 7) is 6.49. The van der Waals surface area contributed by atoms with Crippen LogP contribution in [0.2, 0.25) is 0 Å². The predicted octanol–water partition coefficient (Wildman–Crippen LogP) is 0.400. The Kier molecular flexibility index (Phi) is 2.87. The lowest BCUT2D eigenvalue weighted by Gasteiger charge is -2.25. The molecule has 1 aliphatic rings. The normalized spacial score (nSPS) is 40.1. The van der Waals surface area contributed by atoms with Gasteiger partial charge in [0.15, 0.2) is 0 Å². The van der Waals surface area contributed by atoms with Gasteiger partial charge in [-0.1, -0.05) is 0 Å². The number of nitrogens with one attached hydrogen (secondary N) is 1. The number of ether oxygens (including phenoxy) is 2. The predicted molar refractivity (Wildman–Crippen MR) is 43.7 cm³/mol. The highest BCUT2D eigenvalue weighted by molar-refractivity contribution is 4.81. The van der Waals surface area contributed by atoms with Gasteiger partial charge in [0.25, 0.3) is 0 Å². The summed E-state index contributed by atoms with van der Waals surface area (Å²) in [5, 5.41) is 3.34. The molecule has 1 rings (SSSR count). The molecule has 0 saturated carbocycles. The van der Waals surface area contributed by atoms with Crippen LogP contribution in [0.3, 0.4) is 0 Å². The van der Waals surface area contributed by atoms with Crippen molar-refractivity contribution in [2.24, 2.45) is 0 Å². The smallest absolute Gasteiger partial charge is 0.101 e. The number of hydrogen-bond acceptors (Lipinski definition) is 3. The monoisotopic (exact) mass is 159 g/mol. The van der Waals surface area contributed by atoms with Gasteiger partial charge in [0, 0.05) is 19.7 Å². The van der Waals surface area contributed by atoms with E-state index in [2.05, 4.69) is 19.2 Å². The van der Waals surface area contributed by atoms with Crippen LogP contribution in [0.15, 0.2) is 0 Å². The van der Waals surface area contributed by atoms with E-state index in [1.807, 2.05) is 0 Å². The van der Waals surface area contributed by atoms with Crippen LogP contribution in [0.5, 0.6) is 0 Å². The Morgan fingerprint density at radius 2 is 2.36 bits per heavy atom. The highest BCUT2D eigenvalue weighted by Crippen LogP contribution is 2.11. The van der Waals surface area contributed by atoms with E-state index in [4.69, 9.17) is 9.47 Å². The molecule has 0 amide bonds. The molecule has 0 radical (unpaired) electrons. The summed E-state index contributed by atoms with van der Waals surface area (Å²) in [5.74, 6) is 0. The van der Waals surface area contributed by atoms with Gasteiger partial charge in [0.2, 0.25) is 0 Å². The molecule has 1 heterocycles. The molecule has 11 heavy (non-hydrogen) atoms. The Bertz CT molecular complexity index is 129. The maximum atomic E-state index is 5.43. The van der Waals surface area contributed by atoms with Crippen LogP contribution in [0, 0.1) is 0 Å². The van der Waals surface area contributed by atoms with Gasteiger partial charge in [-0.2, -0.15) is 0 Å². The fraction of sp³-hybridized carbons (Fsp3) is 1.00. The van der Waals surface area contributed by atoms with Crippen molar-refractivity contribution in [3.63, 3.8) is 0 Å². The second-order valence-electron chi connectivity index (χ2n) is 3.45. The third kappa shape index (κ3) is 2.43. The summed E-state index contributed by atoms with van der Waals surface area (Å²) in [6, 6.07) is 0.437. The van der Waals surface area contributed by atoms with Crippen molar-refractivity contribution in [2.45, 2.75) is 25.5 Å². The van der Waals surface area contributed by atoms with Gasteiger partial charge in [0.1, 0.15) is 5.60 Å². The van der Waals surface area contributed by atoms with E-state index < -0.39 is 0 Å². The molecule has 0 aromatic carbocycles. The quantitative estimate of drug-likeness (QED) is 0.600. The molecule has 3 nitrogen and oxygen atoms in total. The Morgan fingerprint density at radius 3 is 3.00 bits per heavy atom. The Balaban J connectivity index is 2.45. The van der Waals surface area contributed by atoms with Crippen LogP contribution < -0.4 is 5.32 Å². The summed E-state index contributed by atoms with van der Waals surface area (Å²) in [6.07, 6.45) is 0. The molecular weight excluding hydrogens is 142 g/mol. The zero-order chi connectivity index (χ0) is 8.32. The Labute approximate surface area is 68.1 Å². The van der Waals surface area contributed by atoms with Crippen molar-refractivity contribution >= 4 is 0 Å². The summed E-state index contributed by atoms with van der Waals surface area (Å²) in [7, 11) is 1.72. The van der Waals surface area contributed by atoms with Crippen LogP contribution in [0.25, 0.3) is 0 Å². The minimum atomic E-state index is -0.148. The molecule has 1 fully saturated rings. The summed E-state index contributed by atoms with van der Waals surface area (Å²) >= 11 is 0. The van der Waals surface area contributed by atoms with E-state index in [-0.39, 0.29) is 5.60 Å². The second kappa shape index (κ2) is 3.52. The van der Waals surface area contributed by atoms with Crippen LogP contribution >= 0.6 is 0 Å². The van der Waals surface area contributed by atoms with E-state index >= 15 is 0 Å². The Hall–Kier alpha value is -0.120. The minimum absolute atomic E-state index is 0.148. The highest BCUT2D eigenvalue weighted by Gasteiger charge is 2.27. The van der Waals surface area contributed by atoms with E-state index in [1.54, 1.807) is 7.11 Å². The van der Waals surface area contributed by atoms with Crippen LogP contribution in [-0.2, 0) is 9.47 Å². The number of hydrogen-bond donors (Lipinski definition) is 1. The lowest BCUT2D eigenvalue weighted by Crippen LogP contribution is -2.42. The average Bonchev–Trinajstić information content (AvgIpc) is 2.15. The number of rotatable bonds is 1. The van der Waals surface area contributed by atoms with Gasteiger partial charge in [-0.05, 0) is 13.8 Å². The van der Waals surface area contributed by atoms with E-state index in [9.17, 15) is 0 Å². The fourth-order valence-corrected chi connectivity index (χ4v) is 1.08. The Morgan fingerprint density at radius 1 is 1.64 bits per heavy atom. The molecule has 0 aliphatic carbocycles. The van der Waals surface area contributed by atoms with Crippen molar-refractivity contribution in [2.75, 3.05) is 26.9 Å². The maximum Gasteiger partial charge on any atom is 0.101 e. The van der Waals surface area contributed by atoms with Gasteiger partial charge >= 0.3 is 0 Å². The van der Waals surface area contributed by atoms with Crippen molar-refractivity contribution in [1.82, 2.24) is 5.32 Å². The SMILES string of the molecule is COC1(C)CNC(C)COC1. The lowest BCUT2D eigenvalue weighted by molar-refractivity contribution is -0.0468. The van der Waals surface area contributed by atoms with E-state index in [1.165, 1.54) is 0 Å². The molecule has 0 aromatic heterocycles. The zero-order valence-electron chi connectivity index (χ0n) is 7.52. The first-order valence-electron chi connectivity index (χ1n) is 4.02. The third-order valence-electron chi connectivity index (χ3n) is 2.09. The first-order valence-corrected chi connectivity index (χ1v) is 4.02. The van der Waals surface area contributed by atoms with Crippen molar-refractivity contribution in [3.05, 3.63) is 0 Å². The summed E-state index contributed by atoms with van der Waals surface area (Å²) in [5.41, 5.74) is -0.148. The van der Waals surface area contributed by atoms with Crippen LogP contribution in [0.1, 0.15) is 13.8 Å². The maximum absolute atomic E-state index is 5.43. The molecular formula is C8H17NO2. The molecule has 2 atom stereocenters. The van der Waals surface area contributed by atoms with Crippen molar-refractivity contribution in [3.8, 4) is 0 Å². The summed E-state index contributed by atoms with van der Waals surface area (Å²) < 4.78 is 10.7. The van der Waals surface area contributed by atoms with Gasteiger partial charge in [-0.25, -0.2) is 0 Å². The fourth-order valence-electron chi connectivity index (χ4n) is 1.08. The zero-order valence-corrected chi connectivity index (χ0v) is 7.52. The van der Waals surface area contributed by atoms with Gasteiger partial charge in [-0.3, -0.25) is 0 Å². The summed E-state index contributed by atoms with van der Waals surface area (Å²) in [4.78, 5) is 0. The highest BCUT2D eigenvalue weighted by atomic mass is 16.5. The molecule has 1 aliphatic heterocycles. The number of methoxy groups -OCH3 is 1. The molecule has 66 valence electrons. The molecule has 1 saturated heterocycles. The van der Waals surface area contributed by atoms with E-state index in [0.29, 0.717) is 12.6 Å². The molecule has 1 N–H and O–H groups in total. The molecule has 0 spiro atoms. The van der Waals surface area contributed by atoms with Crippen molar-refractivity contribution < 1.29 is 9.47 Å². The first-order chi connectivity index (χ1) is 5.16. The van der Waals surface area contributed by atoms with Crippen molar-refractivity contribution in [1.29, 1.82) is 0 Å². The minimum Gasteiger partial charge on any atom is -0.377 e. The molecule has 3 heteroatoms. The molecule has 0 aromatic rings. The second-order valence-corrected chi connectivity index (χ2v) is 3.45. The third-order valence-corrected chi connectivity index (χ3v) is 2.09.